The minimum atomic E-state index is 0.373. The van der Waals surface area contributed by atoms with Gasteiger partial charge in [0.1, 0.15) is 0 Å². The van der Waals surface area contributed by atoms with Gasteiger partial charge in [0.2, 0.25) is 0 Å². The van der Waals surface area contributed by atoms with Crippen LogP contribution in [0, 0.1) is 18.3 Å². The van der Waals surface area contributed by atoms with E-state index in [2.05, 4.69) is 23.3 Å². The highest BCUT2D eigenvalue weighted by Gasteiger charge is 2.06. The standard InChI is InChI=1S/C11H17N3S/c1-9(11-8-14-10(2)15-11)13-7-5-3-4-6-12/h8-9,13H,3-5,7H2,1-2H3. The lowest BCUT2D eigenvalue weighted by Gasteiger charge is -2.10. The summed E-state index contributed by atoms with van der Waals surface area (Å²) >= 11 is 1.74. The zero-order valence-electron chi connectivity index (χ0n) is 9.29. The number of hydrogen-bond donors (Lipinski definition) is 1. The third-order valence-electron chi connectivity index (χ3n) is 2.23. The van der Waals surface area contributed by atoms with Crippen LogP contribution in [-0.4, -0.2) is 11.5 Å². The van der Waals surface area contributed by atoms with Crippen LogP contribution in [0.4, 0.5) is 0 Å². The highest BCUT2D eigenvalue weighted by Crippen LogP contribution is 2.19. The number of nitriles is 1. The van der Waals surface area contributed by atoms with Crippen molar-refractivity contribution in [2.45, 2.75) is 39.2 Å². The molecule has 1 atom stereocenters. The highest BCUT2D eigenvalue weighted by molar-refractivity contribution is 7.11. The number of aryl methyl sites for hydroxylation is 1. The average molecular weight is 223 g/mol. The summed E-state index contributed by atoms with van der Waals surface area (Å²) in [5.74, 6) is 0. The molecule has 0 aromatic carbocycles. The first-order valence-corrected chi connectivity index (χ1v) is 6.08. The van der Waals surface area contributed by atoms with E-state index in [1.807, 2.05) is 13.1 Å². The fourth-order valence-electron chi connectivity index (χ4n) is 1.33. The molecule has 1 aromatic rings. The predicted molar refractivity (Wildman–Crippen MR) is 62.7 cm³/mol. The van der Waals surface area contributed by atoms with Gasteiger partial charge in [0, 0.05) is 23.5 Å². The Morgan fingerprint density at radius 2 is 2.40 bits per heavy atom. The monoisotopic (exact) mass is 223 g/mol. The van der Waals surface area contributed by atoms with E-state index in [4.69, 9.17) is 5.26 Å². The lowest BCUT2D eigenvalue weighted by molar-refractivity contribution is 0.554. The summed E-state index contributed by atoms with van der Waals surface area (Å²) in [6, 6.07) is 2.53. The second-order valence-electron chi connectivity index (χ2n) is 3.57. The van der Waals surface area contributed by atoms with Crippen LogP contribution < -0.4 is 5.32 Å². The molecule has 82 valence electrons. The van der Waals surface area contributed by atoms with Gasteiger partial charge in [-0.2, -0.15) is 5.26 Å². The Labute approximate surface area is 95.2 Å². The van der Waals surface area contributed by atoms with Crippen LogP contribution in [0.15, 0.2) is 6.20 Å². The molecule has 3 nitrogen and oxygen atoms in total. The van der Waals surface area contributed by atoms with Gasteiger partial charge in [0.25, 0.3) is 0 Å². The van der Waals surface area contributed by atoms with Crippen molar-refractivity contribution in [1.82, 2.24) is 10.3 Å². The molecule has 15 heavy (non-hydrogen) atoms. The molecule has 0 amide bonds. The van der Waals surface area contributed by atoms with Gasteiger partial charge >= 0.3 is 0 Å². The van der Waals surface area contributed by atoms with Crippen molar-refractivity contribution in [3.63, 3.8) is 0 Å². The van der Waals surface area contributed by atoms with Gasteiger partial charge in [-0.15, -0.1) is 11.3 Å². The number of thiazole rings is 1. The first-order valence-electron chi connectivity index (χ1n) is 5.26. The SMILES string of the molecule is Cc1ncc(C(C)NCCCCC#N)s1. The van der Waals surface area contributed by atoms with Gasteiger partial charge in [-0.3, -0.25) is 0 Å². The van der Waals surface area contributed by atoms with Crippen LogP contribution in [-0.2, 0) is 0 Å². The lowest BCUT2D eigenvalue weighted by Crippen LogP contribution is -2.18. The van der Waals surface area contributed by atoms with Crippen molar-refractivity contribution in [3.8, 4) is 6.07 Å². The van der Waals surface area contributed by atoms with E-state index < -0.39 is 0 Å². The second kappa shape index (κ2) is 6.54. The predicted octanol–water partition coefficient (Wildman–Crippen LogP) is 2.80. The van der Waals surface area contributed by atoms with E-state index >= 15 is 0 Å². The Morgan fingerprint density at radius 1 is 1.60 bits per heavy atom. The Hall–Kier alpha value is -0.920. The number of nitrogens with one attached hydrogen (secondary N) is 1. The summed E-state index contributed by atoms with van der Waals surface area (Å²) in [6.07, 6.45) is 4.65. The number of hydrogen-bond acceptors (Lipinski definition) is 4. The summed E-state index contributed by atoms with van der Waals surface area (Å²) in [5, 5.41) is 12.9. The molecule has 0 aliphatic rings. The van der Waals surface area contributed by atoms with Crippen LogP contribution in [0.25, 0.3) is 0 Å². The smallest absolute Gasteiger partial charge is 0.0897 e. The number of unbranched alkanes of at least 4 members (excludes halogenated alkanes) is 2. The molecular weight excluding hydrogens is 206 g/mol. The zero-order chi connectivity index (χ0) is 11.1. The normalized spacial score (nSPS) is 12.3. The first kappa shape index (κ1) is 12.2. The number of aromatic nitrogens is 1. The Morgan fingerprint density at radius 3 is 3.00 bits per heavy atom. The van der Waals surface area contributed by atoms with E-state index in [-0.39, 0.29) is 0 Å². The molecule has 0 fully saturated rings. The topological polar surface area (TPSA) is 48.7 Å². The fourth-order valence-corrected chi connectivity index (χ4v) is 2.14. The molecule has 1 unspecified atom stereocenters. The van der Waals surface area contributed by atoms with Crippen molar-refractivity contribution in [2.24, 2.45) is 0 Å². The van der Waals surface area contributed by atoms with E-state index in [9.17, 15) is 0 Å². The Kier molecular flexibility index (Phi) is 5.30. The number of rotatable bonds is 6. The average Bonchev–Trinajstić information content (AvgIpc) is 2.64. The molecule has 0 saturated heterocycles. The van der Waals surface area contributed by atoms with Crippen molar-refractivity contribution in [3.05, 3.63) is 16.1 Å². The van der Waals surface area contributed by atoms with Gasteiger partial charge < -0.3 is 5.32 Å². The molecule has 0 radical (unpaired) electrons. The summed E-state index contributed by atoms with van der Waals surface area (Å²) < 4.78 is 0. The van der Waals surface area contributed by atoms with Gasteiger partial charge in [-0.1, -0.05) is 0 Å². The van der Waals surface area contributed by atoms with Gasteiger partial charge in [0.15, 0.2) is 0 Å². The van der Waals surface area contributed by atoms with E-state index in [1.54, 1.807) is 11.3 Å². The molecule has 1 rings (SSSR count). The summed E-state index contributed by atoms with van der Waals surface area (Å²) in [4.78, 5) is 5.52. The molecule has 0 aliphatic heterocycles. The third kappa shape index (κ3) is 4.41. The van der Waals surface area contributed by atoms with Crippen LogP contribution in [0.1, 0.15) is 42.1 Å². The molecule has 1 aromatic heterocycles. The molecule has 4 heteroatoms. The zero-order valence-corrected chi connectivity index (χ0v) is 10.1. The summed E-state index contributed by atoms with van der Waals surface area (Å²) in [6.45, 7) is 5.14. The van der Waals surface area contributed by atoms with E-state index in [0.29, 0.717) is 12.5 Å². The van der Waals surface area contributed by atoms with E-state index in [1.165, 1.54) is 4.88 Å². The van der Waals surface area contributed by atoms with E-state index in [0.717, 1.165) is 24.4 Å². The van der Waals surface area contributed by atoms with Crippen molar-refractivity contribution < 1.29 is 0 Å². The molecular formula is C11H17N3S. The maximum absolute atomic E-state index is 8.38. The third-order valence-corrected chi connectivity index (χ3v) is 3.33. The maximum Gasteiger partial charge on any atom is 0.0897 e. The van der Waals surface area contributed by atoms with Crippen LogP contribution in [0.5, 0.6) is 0 Å². The van der Waals surface area contributed by atoms with Crippen molar-refractivity contribution >= 4 is 11.3 Å². The van der Waals surface area contributed by atoms with Gasteiger partial charge in [-0.25, -0.2) is 4.98 Å². The van der Waals surface area contributed by atoms with Crippen LogP contribution in [0.2, 0.25) is 0 Å². The minimum Gasteiger partial charge on any atom is -0.309 e. The molecule has 1 N–H and O–H groups in total. The second-order valence-corrected chi connectivity index (χ2v) is 4.84. The van der Waals surface area contributed by atoms with Gasteiger partial charge in [-0.05, 0) is 33.2 Å². The lowest BCUT2D eigenvalue weighted by atomic mass is 10.2. The van der Waals surface area contributed by atoms with Crippen molar-refractivity contribution in [2.75, 3.05) is 6.54 Å². The molecule has 0 bridgehead atoms. The summed E-state index contributed by atoms with van der Waals surface area (Å²) in [7, 11) is 0. The largest absolute Gasteiger partial charge is 0.309 e. The molecule has 1 heterocycles. The molecule has 0 spiro atoms. The quantitative estimate of drug-likeness (QED) is 0.754. The fraction of sp³-hybridized carbons (Fsp3) is 0.636. The van der Waals surface area contributed by atoms with Gasteiger partial charge in [0.05, 0.1) is 11.1 Å². The highest BCUT2D eigenvalue weighted by atomic mass is 32.1. The Balaban J connectivity index is 2.19. The number of nitrogens with zero attached hydrogens (tertiary/aromatic N) is 2. The molecule has 0 saturated carbocycles. The maximum atomic E-state index is 8.38. The Bertz CT molecular complexity index is 327. The first-order chi connectivity index (χ1) is 7.24. The summed E-state index contributed by atoms with van der Waals surface area (Å²) in [5.41, 5.74) is 0. The van der Waals surface area contributed by atoms with Crippen LogP contribution >= 0.6 is 11.3 Å². The molecule has 0 aliphatic carbocycles. The minimum absolute atomic E-state index is 0.373. The van der Waals surface area contributed by atoms with Crippen LogP contribution in [0.3, 0.4) is 0 Å². The van der Waals surface area contributed by atoms with Crippen molar-refractivity contribution in [1.29, 1.82) is 5.26 Å².